The molecule has 0 N–H and O–H groups in total. The highest BCUT2D eigenvalue weighted by Gasteiger charge is 2.29. The number of carbonyl (C=O) groups excluding carboxylic acids is 1. The SMILES string of the molecule is COC(=O)C1CCN(Cc2cccc(Cl)c2Cl)C1. The van der Waals surface area contributed by atoms with Gasteiger partial charge in [0.15, 0.2) is 0 Å². The van der Waals surface area contributed by atoms with Gasteiger partial charge >= 0.3 is 5.97 Å². The minimum atomic E-state index is -0.130. The number of likely N-dealkylation sites (tertiary alicyclic amines) is 1. The molecule has 18 heavy (non-hydrogen) atoms. The highest BCUT2D eigenvalue weighted by atomic mass is 35.5. The molecule has 1 aromatic carbocycles. The molecule has 0 aromatic heterocycles. The quantitative estimate of drug-likeness (QED) is 0.801. The van der Waals surface area contributed by atoms with Gasteiger partial charge in [0.25, 0.3) is 0 Å². The maximum Gasteiger partial charge on any atom is 0.310 e. The predicted octanol–water partition coefficient (Wildman–Crippen LogP) is 2.99. The lowest BCUT2D eigenvalue weighted by molar-refractivity contribution is -0.144. The molecule has 0 amide bonds. The molecule has 0 bridgehead atoms. The van der Waals surface area contributed by atoms with Gasteiger partial charge in [-0.2, -0.15) is 0 Å². The summed E-state index contributed by atoms with van der Waals surface area (Å²) in [4.78, 5) is 13.6. The van der Waals surface area contributed by atoms with Crippen LogP contribution < -0.4 is 0 Å². The van der Waals surface area contributed by atoms with Crippen molar-refractivity contribution in [3.8, 4) is 0 Å². The number of benzene rings is 1. The van der Waals surface area contributed by atoms with Gasteiger partial charge in [0.1, 0.15) is 0 Å². The van der Waals surface area contributed by atoms with Crippen LogP contribution in [0.4, 0.5) is 0 Å². The molecular weight excluding hydrogens is 273 g/mol. The third-order valence-electron chi connectivity index (χ3n) is 3.23. The van der Waals surface area contributed by atoms with Gasteiger partial charge in [-0.15, -0.1) is 0 Å². The van der Waals surface area contributed by atoms with E-state index in [1.54, 1.807) is 6.07 Å². The Hall–Kier alpha value is -0.770. The molecule has 3 nitrogen and oxygen atoms in total. The van der Waals surface area contributed by atoms with Crippen LogP contribution in [-0.4, -0.2) is 31.1 Å². The summed E-state index contributed by atoms with van der Waals surface area (Å²) < 4.78 is 4.76. The first-order chi connectivity index (χ1) is 8.61. The van der Waals surface area contributed by atoms with E-state index in [4.69, 9.17) is 27.9 Å². The Kier molecular flexibility index (Phi) is 4.49. The molecule has 1 fully saturated rings. The largest absolute Gasteiger partial charge is 0.469 e. The lowest BCUT2D eigenvalue weighted by Gasteiger charge is -2.16. The van der Waals surface area contributed by atoms with Crippen LogP contribution in [0.2, 0.25) is 10.0 Å². The third kappa shape index (κ3) is 2.97. The normalized spacial score (nSPS) is 20.1. The smallest absolute Gasteiger partial charge is 0.310 e. The maximum absolute atomic E-state index is 11.4. The average molecular weight is 288 g/mol. The zero-order chi connectivity index (χ0) is 13.1. The van der Waals surface area contributed by atoms with E-state index in [2.05, 4.69) is 4.90 Å². The monoisotopic (exact) mass is 287 g/mol. The van der Waals surface area contributed by atoms with Crippen molar-refractivity contribution in [2.45, 2.75) is 13.0 Å². The van der Waals surface area contributed by atoms with Crippen LogP contribution in [0.5, 0.6) is 0 Å². The van der Waals surface area contributed by atoms with Gasteiger partial charge in [0, 0.05) is 13.1 Å². The number of methoxy groups -OCH3 is 1. The Balaban J connectivity index is 1.99. The highest BCUT2D eigenvalue weighted by Crippen LogP contribution is 2.28. The van der Waals surface area contributed by atoms with Crippen molar-refractivity contribution in [3.63, 3.8) is 0 Å². The molecule has 5 heteroatoms. The lowest BCUT2D eigenvalue weighted by Crippen LogP contribution is -2.23. The second-order valence-corrected chi connectivity index (χ2v) is 5.24. The van der Waals surface area contributed by atoms with Crippen molar-refractivity contribution in [1.29, 1.82) is 0 Å². The zero-order valence-electron chi connectivity index (χ0n) is 10.2. The van der Waals surface area contributed by atoms with Crippen LogP contribution in [0.25, 0.3) is 0 Å². The Bertz CT molecular complexity index is 451. The molecule has 98 valence electrons. The summed E-state index contributed by atoms with van der Waals surface area (Å²) in [6.45, 7) is 2.31. The van der Waals surface area contributed by atoms with E-state index in [1.165, 1.54) is 7.11 Å². The molecule has 1 atom stereocenters. The first-order valence-corrected chi connectivity index (χ1v) is 6.60. The number of hydrogen-bond acceptors (Lipinski definition) is 3. The van der Waals surface area contributed by atoms with E-state index in [0.29, 0.717) is 16.6 Å². The minimum absolute atomic E-state index is 0.0204. The van der Waals surface area contributed by atoms with Crippen molar-refractivity contribution in [2.75, 3.05) is 20.2 Å². The summed E-state index contributed by atoms with van der Waals surface area (Å²) in [5, 5.41) is 1.17. The number of halogens is 2. The van der Waals surface area contributed by atoms with Gasteiger partial charge in [0.2, 0.25) is 0 Å². The van der Waals surface area contributed by atoms with Crippen LogP contribution in [0, 0.1) is 5.92 Å². The number of hydrogen-bond donors (Lipinski definition) is 0. The van der Waals surface area contributed by atoms with E-state index < -0.39 is 0 Å². The Morgan fingerprint density at radius 2 is 2.28 bits per heavy atom. The topological polar surface area (TPSA) is 29.5 Å². The fraction of sp³-hybridized carbons (Fsp3) is 0.462. The molecule has 0 saturated carbocycles. The molecule has 1 saturated heterocycles. The summed E-state index contributed by atoms with van der Waals surface area (Å²) in [7, 11) is 1.43. The highest BCUT2D eigenvalue weighted by molar-refractivity contribution is 6.42. The molecule has 1 unspecified atom stereocenters. The zero-order valence-corrected chi connectivity index (χ0v) is 11.7. The fourth-order valence-corrected chi connectivity index (χ4v) is 2.63. The van der Waals surface area contributed by atoms with Crippen molar-refractivity contribution in [1.82, 2.24) is 4.90 Å². The Labute approximate surface area is 117 Å². The summed E-state index contributed by atoms with van der Waals surface area (Å²) in [6.07, 6.45) is 0.838. The number of ether oxygens (including phenoxy) is 1. The standard InChI is InChI=1S/C13H15Cl2NO2/c1-18-13(17)10-5-6-16(8-10)7-9-3-2-4-11(14)12(9)15/h2-4,10H,5-8H2,1H3. The molecule has 1 aliphatic rings. The maximum atomic E-state index is 11.4. The summed E-state index contributed by atoms with van der Waals surface area (Å²) in [5.41, 5.74) is 0.995. The van der Waals surface area contributed by atoms with Crippen molar-refractivity contribution in [3.05, 3.63) is 33.8 Å². The molecule has 1 heterocycles. The number of rotatable bonds is 3. The van der Waals surface area contributed by atoms with E-state index in [-0.39, 0.29) is 11.9 Å². The number of carbonyl (C=O) groups is 1. The fourth-order valence-electron chi connectivity index (χ4n) is 2.25. The van der Waals surface area contributed by atoms with Crippen LogP contribution in [0.1, 0.15) is 12.0 Å². The van der Waals surface area contributed by atoms with Crippen molar-refractivity contribution in [2.24, 2.45) is 5.92 Å². The second-order valence-electron chi connectivity index (χ2n) is 4.46. The van der Waals surface area contributed by atoms with Crippen LogP contribution in [0.15, 0.2) is 18.2 Å². The predicted molar refractivity (Wildman–Crippen MR) is 71.9 cm³/mol. The van der Waals surface area contributed by atoms with Gasteiger partial charge in [-0.1, -0.05) is 35.3 Å². The first kappa shape index (κ1) is 13.7. The van der Waals surface area contributed by atoms with Gasteiger partial charge < -0.3 is 4.74 Å². The van der Waals surface area contributed by atoms with Crippen LogP contribution in [0.3, 0.4) is 0 Å². The Morgan fingerprint density at radius 3 is 3.00 bits per heavy atom. The van der Waals surface area contributed by atoms with E-state index in [1.807, 2.05) is 12.1 Å². The summed E-state index contributed by atoms with van der Waals surface area (Å²) in [5.74, 6) is -0.150. The van der Waals surface area contributed by atoms with E-state index in [0.717, 1.165) is 25.1 Å². The molecule has 0 aliphatic carbocycles. The van der Waals surface area contributed by atoms with Crippen molar-refractivity contribution < 1.29 is 9.53 Å². The summed E-state index contributed by atoms with van der Waals surface area (Å²) >= 11 is 12.1. The molecular formula is C13H15Cl2NO2. The molecule has 2 rings (SSSR count). The minimum Gasteiger partial charge on any atom is -0.469 e. The van der Waals surface area contributed by atoms with Gasteiger partial charge in [-0.25, -0.2) is 0 Å². The van der Waals surface area contributed by atoms with E-state index in [9.17, 15) is 4.79 Å². The Morgan fingerprint density at radius 1 is 1.50 bits per heavy atom. The van der Waals surface area contributed by atoms with Gasteiger partial charge in [0.05, 0.1) is 23.1 Å². The number of nitrogens with zero attached hydrogens (tertiary/aromatic N) is 1. The van der Waals surface area contributed by atoms with Crippen LogP contribution in [-0.2, 0) is 16.1 Å². The average Bonchev–Trinajstić information content (AvgIpc) is 2.82. The lowest BCUT2D eigenvalue weighted by atomic mass is 10.1. The van der Waals surface area contributed by atoms with Crippen LogP contribution >= 0.6 is 23.2 Å². The first-order valence-electron chi connectivity index (χ1n) is 5.85. The van der Waals surface area contributed by atoms with Gasteiger partial charge in [-0.3, -0.25) is 9.69 Å². The molecule has 0 spiro atoms. The molecule has 0 radical (unpaired) electrons. The summed E-state index contributed by atoms with van der Waals surface area (Å²) in [6, 6.07) is 5.62. The van der Waals surface area contributed by atoms with Crippen molar-refractivity contribution >= 4 is 29.2 Å². The van der Waals surface area contributed by atoms with E-state index >= 15 is 0 Å². The van der Waals surface area contributed by atoms with Gasteiger partial charge in [-0.05, 0) is 24.6 Å². The second kappa shape index (κ2) is 5.91. The molecule has 1 aliphatic heterocycles. The third-order valence-corrected chi connectivity index (χ3v) is 4.09. The molecule has 1 aromatic rings. The number of esters is 1.